The zero-order valence-electron chi connectivity index (χ0n) is 13.7. The second-order valence-corrected chi connectivity index (χ2v) is 5.89. The van der Waals surface area contributed by atoms with Crippen LogP contribution in [0.3, 0.4) is 0 Å². The van der Waals surface area contributed by atoms with Crippen LogP contribution < -0.4 is 21.1 Å². The van der Waals surface area contributed by atoms with Gasteiger partial charge in [0.1, 0.15) is 5.75 Å². The highest BCUT2D eigenvalue weighted by Crippen LogP contribution is 2.38. The molecule has 0 aromatic heterocycles. The molecule has 0 unspecified atom stereocenters. The van der Waals surface area contributed by atoms with E-state index in [9.17, 15) is 9.59 Å². The van der Waals surface area contributed by atoms with Crippen LogP contribution in [0.15, 0.2) is 66.7 Å². The van der Waals surface area contributed by atoms with Crippen molar-refractivity contribution in [2.24, 2.45) is 0 Å². The van der Waals surface area contributed by atoms with Gasteiger partial charge in [-0.05, 0) is 54.6 Å². The molecule has 0 spiro atoms. The van der Waals surface area contributed by atoms with Gasteiger partial charge in [-0.2, -0.15) is 0 Å². The van der Waals surface area contributed by atoms with Gasteiger partial charge >= 0.3 is 0 Å². The number of nitrogen functional groups attached to an aromatic ring is 2. The van der Waals surface area contributed by atoms with Gasteiger partial charge in [0.25, 0.3) is 11.8 Å². The van der Waals surface area contributed by atoms with Crippen LogP contribution in [0.25, 0.3) is 0 Å². The Kier molecular flexibility index (Phi) is 3.58. The van der Waals surface area contributed by atoms with Crippen molar-refractivity contribution >= 4 is 28.9 Å². The monoisotopic (exact) mass is 345 g/mol. The maximum absolute atomic E-state index is 12.8. The van der Waals surface area contributed by atoms with Crippen molar-refractivity contribution in [2.45, 2.75) is 0 Å². The Hall–Kier alpha value is -3.80. The highest BCUT2D eigenvalue weighted by Gasteiger charge is 2.37. The summed E-state index contributed by atoms with van der Waals surface area (Å²) in [4.78, 5) is 26.6. The van der Waals surface area contributed by atoms with E-state index in [0.717, 1.165) is 4.90 Å². The SMILES string of the molecule is Nc1ccc(Oc2ccc(N)cc2N2C(=O)c3ccccc3C2=O)cc1. The summed E-state index contributed by atoms with van der Waals surface area (Å²) in [7, 11) is 0. The first-order valence-electron chi connectivity index (χ1n) is 7.95. The highest BCUT2D eigenvalue weighted by molar-refractivity contribution is 6.34. The number of fused-ring (bicyclic) bond motifs is 1. The van der Waals surface area contributed by atoms with E-state index >= 15 is 0 Å². The third-order valence-corrected chi connectivity index (χ3v) is 4.13. The Labute approximate surface area is 149 Å². The van der Waals surface area contributed by atoms with Crippen LogP contribution in [0.1, 0.15) is 20.7 Å². The van der Waals surface area contributed by atoms with E-state index in [2.05, 4.69) is 0 Å². The number of benzene rings is 3. The van der Waals surface area contributed by atoms with Gasteiger partial charge in [0.15, 0.2) is 5.75 Å². The first-order valence-corrected chi connectivity index (χ1v) is 7.95. The molecule has 0 aliphatic carbocycles. The number of ether oxygens (including phenoxy) is 1. The zero-order chi connectivity index (χ0) is 18.3. The lowest BCUT2D eigenvalue weighted by molar-refractivity contribution is 0.0925. The number of rotatable bonds is 3. The van der Waals surface area contributed by atoms with Crippen molar-refractivity contribution in [3.8, 4) is 11.5 Å². The minimum absolute atomic E-state index is 0.299. The molecule has 2 amide bonds. The van der Waals surface area contributed by atoms with E-state index in [1.54, 1.807) is 66.7 Å². The Bertz CT molecular complexity index is 994. The minimum atomic E-state index is -0.404. The summed E-state index contributed by atoms with van der Waals surface area (Å²) in [5.41, 5.74) is 13.6. The van der Waals surface area contributed by atoms with Crippen molar-refractivity contribution in [3.63, 3.8) is 0 Å². The minimum Gasteiger partial charge on any atom is -0.455 e. The summed E-state index contributed by atoms with van der Waals surface area (Å²) < 4.78 is 5.87. The van der Waals surface area contributed by atoms with Crippen LogP contribution in [0.4, 0.5) is 17.1 Å². The van der Waals surface area contributed by atoms with Gasteiger partial charge in [0.05, 0.1) is 16.8 Å². The number of amides is 2. The van der Waals surface area contributed by atoms with Crippen molar-refractivity contribution < 1.29 is 14.3 Å². The van der Waals surface area contributed by atoms with Crippen LogP contribution in [-0.4, -0.2) is 11.8 Å². The molecule has 0 saturated carbocycles. The maximum Gasteiger partial charge on any atom is 0.266 e. The number of carbonyl (C=O) groups is 2. The van der Waals surface area contributed by atoms with E-state index in [4.69, 9.17) is 16.2 Å². The molecule has 0 atom stereocenters. The van der Waals surface area contributed by atoms with Gasteiger partial charge < -0.3 is 16.2 Å². The second kappa shape index (κ2) is 5.93. The average Bonchev–Trinajstić information content (AvgIpc) is 2.90. The molecule has 0 bridgehead atoms. The maximum atomic E-state index is 12.8. The molecule has 0 radical (unpaired) electrons. The summed E-state index contributed by atoms with van der Waals surface area (Å²) >= 11 is 0. The summed E-state index contributed by atoms with van der Waals surface area (Å²) in [5, 5.41) is 0. The van der Waals surface area contributed by atoms with Crippen molar-refractivity contribution in [1.29, 1.82) is 0 Å². The zero-order valence-corrected chi connectivity index (χ0v) is 13.7. The Morgan fingerprint density at radius 3 is 1.92 bits per heavy atom. The number of anilines is 3. The van der Waals surface area contributed by atoms with Crippen LogP contribution in [0.5, 0.6) is 11.5 Å². The average molecular weight is 345 g/mol. The molecule has 4 N–H and O–H groups in total. The van der Waals surface area contributed by atoms with Crippen LogP contribution >= 0.6 is 0 Å². The number of carbonyl (C=O) groups excluding carboxylic acids is 2. The third kappa shape index (κ3) is 2.53. The second-order valence-electron chi connectivity index (χ2n) is 5.89. The van der Waals surface area contributed by atoms with Gasteiger partial charge in [-0.15, -0.1) is 0 Å². The standard InChI is InChI=1S/C20H15N3O3/c21-12-5-8-14(9-6-12)26-18-10-7-13(22)11-17(18)23-19(24)15-3-1-2-4-16(15)20(23)25/h1-11H,21-22H2. The molecule has 0 fully saturated rings. The summed E-state index contributed by atoms with van der Waals surface area (Å²) in [6.07, 6.45) is 0. The van der Waals surface area contributed by atoms with E-state index in [1.165, 1.54) is 0 Å². The summed E-state index contributed by atoms with van der Waals surface area (Å²) in [5.74, 6) is 0.0667. The molecule has 6 nitrogen and oxygen atoms in total. The third-order valence-electron chi connectivity index (χ3n) is 4.13. The van der Waals surface area contributed by atoms with Crippen molar-refractivity contribution in [1.82, 2.24) is 0 Å². The first kappa shape index (κ1) is 15.7. The van der Waals surface area contributed by atoms with Crippen molar-refractivity contribution in [2.75, 3.05) is 16.4 Å². The topological polar surface area (TPSA) is 98.6 Å². The predicted molar refractivity (Wildman–Crippen MR) is 99.4 cm³/mol. The Morgan fingerprint density at radius 2 is 1.31 bits per heavy atom. The molecule has 6 heteroatoms. The normalized spacial score (nSPS) is 13.0. The molecule has 0 saturated heterocycles. The summed E-state index contributed by atoms with van der Waals surface area (Å²) in [6.45, 7) is 0. The van der Waals surface area contributed by atoms with Crippen LogP contribution in [0.2, 0.25) is 0 Å². The van der Waals surface area contributed by atoms with E-state index in [1.807, 2.05) is 0 Å². The molecule has 3 aromatic carbocycles. The molecule has 4 rings (SSSR count). The largest absolute Gasteiger partial charge is 0.455 e. The van der Waals surface area contributed by atoms with Gasteiger partial charge in [0, 0.05) is 11.4 Å². The fourth-order valence-electron chi connectivity index (χ4n) is 2.87. The van der Waals surface area contributed by atoms with Crippen molar-refractivity contribution in [3.05, 3.63) is 77.9 Å². The number of nitrogens with zero attached hydrogens (tertiary/aromatic N) is 1. The van der Waals surface area contributed by atoms with Gasteiger partial charge in [-0.3, -0.25) is 9.59 Å². The Balaban J connectivity index is 1.77. The Morgan fingerprint density at radius 1 is 0.731 bits per heavy atom. The number of hydrogen-bond donors (Lipinski definition) is 2. The molecular formula is C20H15N3O3. The number of imide groups is 1. The van der Waals surface area contributed by atoms with E-state index in [-0.39, 0.29) is 0 Å². The molecule has 128 valence electrons. The number of hydrogen-bond acceptors (Lipinski definition) is 5. The molecule has 3 aromatic rings. The smallest absolute Gasteiger partial charge is 0.266 e. The summed E-state index contributed by atoms with van der Waals surface area (Å²) in [6, 6.07) is 18.3. The van der Waals surface area contributed by atoms with E-state index in [0.29, 0.717) is 39.7 Å². The van der Waals surface area contributed by atoms with Gasteiger partial charge in [-0.25, -0.2) is 4.90 Å². The molecule has 1 aliphatic rings. The van der Waals surface area contributed by atoms with Crippen LogP contribution in [-0.2, 0) is 0 Å². The molecular weight excluding hydrogens is 330 g/mol. The molecule has 1 heterocycles. The molecule has 1 aliphatic heterocycles. The molecule has 26 heavy (non-hydrogen) atoms. The van der Waals surface area contributed by atoms with E-state index < -0.39 is 11.8 Å². The lowest BCUT2D eigenvalue weighted by Crippen LogP contribution is -2.29. The lowest BCUT2D eigenvalue weighted by atomic mass is 10.1. The highest BCUT2D eigenvalue weighted by atomic mass is 16.5. The van der Waals surface area contributed by atoms with Crippen LogP contribution in [0, 0.1) is 0 Å². The fourth-order valence-corrected chi connectivity index (χ4v) is 2.87. The van der Waals surface area contributed by atoms with Gasteiger partial charge in [0.2, 0.25) is 0 Å². The predicted octanol–water partition coefficient (Wildman–Crippen LogP) is 3.44. The fraction of sp³-hybridized carbons (Fsp3) is 0. The first-order chi connectivity index (χ1) is 12.5. The number of nitrogens with two attached hydrogens (primary N) is 2. The lowest BCUT2D eigenvalue weighted by Gasteiger charge is -2.19. The van der Waals surface area contributed by atoms with Gasteiger partial charge in [-0.1, -0.05) is 12.1 Å². The quantitative estimate of drug-likeness (QED) is 0.559.